The molecule has 0 saturated heterocycles. The van der Waals surface area contributed by atoms with Crippen molar-refractivity contribution in [1.82, 2.24) is 10.3 Å². The lowest BCUT2D eigenvalue weighted by Crippen LogP contribution is -2.27. The molecule has 90 valence electrons. The highest BCUT2D eigenvalue weighted by molar-refractivity contribution is 5.15. The van der Waals surface area contributed by atoms with E-state index in [1.165, 1.54) is 24.8 Å². The van der Waals surface area contributed by atoms with E-state index in [2.05, 4.69) is 43.2 Å². The summed E-state index contributed by atoms with van der Waals surface area (Å²) in [6.45, 7) is 7.87. The van der Waals surface area contributed by atoms with Gasteiger partial charge in [-0.05, 0) is 43.0 Å². The first-order valence-electron chi connectivity index (χ1n) is 6.42. The smallest absolute Gasteiger partial charge is 0.0347 e. The third-order valence-electron chi connectivity index (χ3n) is 2.99. The van der Waals surface area contributed by atoms with E-state index in [4.69, 9.17) is 0 Å². The van der Waals surface area contributed by atoms with E-state index in [1.54, 1.807) is 0 Å². The van der Waals surface area contributed by atoms with Crippen molar-refractivity contribution in [3.8, 4) is 0 Å². The maximum absolute atomic E-state index is 4.09. The van der Waals surface area contributed by atoms with Crippen LogP contribution in [-0.2, 0) is 0 Å². The van der Waals surface area contributed by atoms with Crippen LogP contribution in [0.1, 0.15) is 51.6 Å². The van der Waals surface area contributed by atoms with Crippen LogP contribution in [0.4, 0.5) is 0 Å². The summed E-state index contributed by atoms with van der Waals surface area (Å²) < 4.78 is 0. The van der Waals surface area contributed by atoms with E-state index < -0.39 is 0 Å². The van der Waals surface area contributed by atoms with Gasteiger partial charge in [0, 0.05) is 18.4 Å². The Kier molecular flexibility index (Phi) is 6.09. The van der Waals surface area contributed by atoms with Gasteiger partial charge in [0.05, 0.1) is 0 Å². The standard InChI is InChI=1S/C14H24N2/c1-4-6-12(3)14(16-9-5-2)13-7-10-15-11-8-13/h7-8,10-12,14,16H,4-6,9H2,1-3H3. The molecule has 2 atom stereocenters. The summed E-state index contributed by atoms with van der Waals surface area (Å²) >= 11 is 0. The monoisotopic (exact) mass is 220 g/mol. The predicted molar refractivity (Wildman–Crippen MR) is 69.3 cm³/mol. The lowest BCUT2D eigenvalue weighted by Gasteiger charge is -2.25. The first-order valence-corrected chi connectivity index (χ1v) is 6.42. The third kappa shape index (κ3) is 3.93. The van der Waals surface area contributed by atoms with Crippen molar-refractivity contribution in [2.45, 2.75) is 46.1 Å². The summed E-state index contributed by atoms with van der Waals surface area (Å²) in [6.07, 6.45) is 7.46. The Balaban J connectivity index is 2.70. The molecule has 0 aliphatic rings. The second kappa shape index (κ2) is 7.39. The topological polar surface area (TPSA) is 24.9 Å². The van der Waals surface area contributed by atoms with Crippen LogP contribution in [0.2, 0.25) is 0 Å². The van der Waals surface area contributed by atoms with Gasteiger partial charge in [-0.25, -0.2) is 0 Å². The molecule has 16 heavy (non-hydrogen) atoms. The highest BCUT2D eigenvalue weighted by Gasteiger charge is 2.17. The zero-order valence-corrected chi connectivity index (χ0v) is 10.7. The van der Waals surface area contributed by atoms with Gasteiger partial charge in [-0.1, -0.05) is 27.2 Å². The molecule has 1 aromatic rings. The molecule has 0 aliphatic heterocycles. The molecular formula is C14H24N2. The molecule has 0 radical (unpaired) electrons. The molecule has 0 spiro atoms. The summed E-state index contributed by atoms with van der Waals surface area (Å²) in [7, 11) is 0. The minimum absolute atomic E-state index is 0.475. The predicted octanol–water partition coefficient (Wildman–Crippen LogP) is 3.56. The van der Waals surface area contributed by atoms with Crippen LogP contribution >= 0.6 is 0 Å². The molecule has 0 fully saturated rings. The second-order valence-electron chi connectivity index (χ2n) is 4.48. The largest absolute Gasteiger partial charge is 0.310 e. The zero-order chi connectivity index (χ0) is 11.8. The quantitative estimate of drug-likeness (QED) is 0.760. The van der Waals surface area contributed by atoms with Crippen molar-refractivity contribution >= 4 is 0 Å². The maximum atomic E-state index is 4.09. The lowest BCUT2D eigenvalue weighted by atomic mass is 9.91. The van der Waals surface area contributed by atoms with Gasteiger partial charge in [0.1, 0.15) is 0 Å². The second-order valence-corrected chi connectivity index (χ2v) is 4.48. The van der Waals surface area contributed by atoms with Crippen LogP contribution in [0.25, 0.3) is 0 Å². The van der Waals surface area contributed by atoms with Crippen molar-refractivity contribution in [2.75, 3.05) is 6.54 Å². The average molecular weight is 220 g/mol. The van der Waals surface area contributed by atoms with E-state index >= 15 is 0 Å². The number of rotatable bonds is 7. The van der Waals surface area contributed by atoms with Crippen LogP contribution < -0.4 is 5.32 Å². The number of nitrogens with one attached hydrogen (secondary N) is 1. The van der Waals surface area contributed by atoms with Crippen molar-refractivity contribution in [2.24, 2.45) is 5.92 Å². The lowest BCUT2D eigenvalue weighted by molar-refractivity contribution is 0.363. The highest BCUT2D eigenvalue weighted by atomic mass is 14.9. The fraction of sp³-hybridized carbons (Fsp3) is 0.643. The van der Waals surface area contributed by atoms with Crippen molar-refractivity contribution < 1.29 is 0 Å². The molecule has 0 saturated carbocycles. The molecule has 1 N–H and O–H groups in total. The summed E-state index contributed by atoms with van der Waals surface area (Å²) in [5.41, 5.74) is 1.37. The van der Waals surface area contributed by atoms with Gasteiger partial charge in [0.15, 0.2) is 0 Å². The van der Waals surface area contributed by atoms with Gasteiger partial charge < -0.3 is 5.32 Å². The molecule has 0 aromatic carbocycles. The molecule has 1 heterocycles. The van der Waals surface area contributed by atoms with E-state index in [1.807, 2.05) is 12.4 Å². The Morgan fingerprint density at radius 1 is 1.19 bits per heavy atom. The minimum Gasteiger partial charge on any atom is -0.310 e. The Morgan fingerprint density at radius 2 is 1.88 bits per heavy atom. The molecular weight excluding hydrogens is 196 g/mol. The number of hydrogen-bond acceptors (Lipinski definition) is 2. The fourth-order valence-electron chi connectivity index (χ4n) is 2.14. The van der Waals surface area contributed by atoms with Crippen molar-refractivity contribution in [3.05, 3.63) is 30.1 Å². The fourth-order valence-corrected chi connectivity index (χ4v) is 2.14. The molecule has 2 unspecified atom stereocenters. The summed E-state index contributed by atoms with van der Waals surface area (Å²) in [5.74, 6) is 0.680. The Bertz CT molecular complexity index is 271. The SMILES string of the molecule is CCCNC(c1ccncc1)C(C)CCC. The molecule has 0 bridgehead atoms. The Morgan fingerprint density at radius 3 is 2.44 bits per heavy atom. The van der Waals surface area contributed by atoms with Crippen LogP contribution in [-0.4, -0.2) is 11.5 Å². The van der Waals surface area contributed by atoms with Gasteiger partial charge in [0.2, 0.25) is 0 Å². The van der Waals surface area contributed by atoms with E-state index in [0.717, 1.165) is 6.54 Å². The minimum atomic E-state index is 0.475. The normalized spacial score (nSPS) is 14.7. The number of nitrogens with zero attached hydrogens (tertiary/aromatic N) is 1. The molecule has 2 heteroatoms. The average Bonchev–Trinajstić information content (AvgIpc) is 2.31. The molecule has 2 nitrogen and oxygen atoms in total. The highest BCUT2D eigenvalue weighted by Crippen LogP contribution is 2.24. The molecule has 0 amide bonds. The van der Waals surface area contributed by atoms with Crippen LogP contribution in [0.5, 0.6) is 0 Å². The summed E-state index contributed by atoms with van der Waals surface area (Å²) in [4.78, 5) is 4.09. The summed E-state index contributed by atoms with van der Waals surface area (Å²) in [5, 5.41) is 3.64. The van der Waals surface area contributed by atoms with Crippen molar-refractivity contribution in [1.29, 1.82) is 0 Å². The van der Waals surface area contributed by atoms with Crippen molar-refractivity contribution in [3.63, 3.8) is 0 Å². The first kappa shape index (κ1) is 13.2. The number of aromatic nitrogens is 1. The third-order valence-corrected chi connectivity index (χ3v) is 2.99. The maximum Gasteiger partial charge on any atom is 0.0347 e. The molecule has 0 aliphatic carbocycles. The Labute approximate surface area is 99.5 Å². The van der Waals surface area contributed by atoms with E-state index in [9.17, 15) is 0 Å². The molecule has 1 aromatic heterocycles. The number of hydrogen-bond donors (Lipinski definition) is 1. The van der Waals surface area contributed by atoms with Crippen LogP contribution in [0, 0.1) is 5.92 Å². The van der Waals surface area contributed by atoms with Gasteiger partial charge in [-0.3, -0.25) is 4.98 Å². The summed E-state index contributed by atoms with van der Waals surface area (Å²) in [6, 6.07) is 4.72. The first-order chi connectivity index (χ1) is 7.79. The van der Waals surface area contributed by atoms with E-state index in [0.29, 0.717) is 12.0 Å². The van der Waals surface area contributed by atoms with Crippen LogP contribution in [0.3, 0.4) is 0 Å². The number of pyridine rings is 1. The molecule has 1 rings (SSSR count). The van der Waals surface area contributed by atoms with Gasteiger partial charge in [0.25, 0.3) is 0 Å². The zero-order valence-electron chi connectivity index (χ0n) is 10.7. The van der Waals surface area contributed by atoms with Crippen LogP contribution in [0.15, 0.2) is 24.5 Å². The van der Waals surface area contributed by atoms with Gasteiger partial charge in [-0.2, -0.15) is 0 Å². The van der Waals surface area contributed by atoms with E-state index in [-0.39, 0.29) is 0 Å². The van der Waals surface area contributed by atoms with Gasteiger partial charge >= 0.3 is 0 Å². The van der Waals surface area contributed by atoms with Gasteiger partial charge in [-0.15, -0.1) is 0 Å². The Hall–Kier alpha value is -0.890.